The molecule has 10 heavy (non-hydrogen) atoms. The summed E-state index contributed by atoms with van der Waals surface area (Å²) in [6.45, 7) is 9.51. The molecule has 0 spiro atoms. The van der Waals surface area contributed by atoms with E-state index < -0.39 is 13.6 Å². The minimum Gasteiger partial charge on any atom is -1.00 e. The van der Waals surface area contributed by atoms with Gasteiger partial charge >= 0.3 is 62.1 Å². The number of hydrogen-bond donors (Lipinski definition) is 0. The second-order valence-corrected chi connectivity index (χ2v) is 13.5. The van der Waals surface area contributed by atoms with Gasteiger partial charge in [0.15, 0.2) is 0 Å². The number of rotatable bonds is 4. The van der Waals surface area contributed by atoms with Crippen LogP contribution < -0.4 is 12.4 Å². The van der Waals surface area contributed by atoms with Gasteiger partial charge in [-0.1, -0.05) is 0 Å². The van der Waals surface area contributed by atoms with Crippen LogP contribution in [0.25, 0.3) is 0 Å². The van der Waals surface area contributed by atoms with Crippen molar-refractivity contribution in [3.05, 3.63) is 0 Å². The summed E-state index contributed by atoms with van der Waals surface area (Å²) in [7, 11) is 0. The van der Waals surface area contributed by atoms with Crippen molar-refractivity contribution in [3.8, 4) is 0 Å². The Morgan fingerprint density at radius 3 is 0.900 bits per heavy atom. The Kier molecular flexibility index (Phi) is 8.81. The summed E-state index contributed by atoms with van der Waals surface area (Å²) in [5.41, 5.74) is 0. The van der Waals surface area contributed by atoms with Crippen LogP contribution in [0.3, 0.4) is 0 Å². The first kappa shape index (κ1) is 13.4. The Balaban J connectivity index is 0. The molecule has 0 heterocycles. The first-order valence-corrected chi connectivity index (χ1v) is 9.40. The number of halogens is 1. The van der Waals surface area contributed by atoms with Crippen LogP contribution >= 0.6 is 0 Å². The van der Waals surface area contributed by atoms with E-state index in [2.05, 4.69) is 27.7 Å². The van der Waals surface area contributed by atoms with E-state index in [9.17, 15) is 0 Å². The molecule has 0 N–H and O–H groups in total. The molecule has 0 nitrogen and oxygen atoms in total. The fraction of sp³-hybridized carbons (Fsp3) is 1.00. The van der Waals surface area contributed by atoms with Gasteiger partial charge in [-0.3, -0.25) is 0 Å². The average molecular weight is 227 g/mol. The van der Waals surface area contributed by atoms with Gasteiger partial charge in [-0.25, -0.2) is 0 Å². The fourth-order valence-electron chi connectivity index (χ4n) is 1.34. The fourth-order valence-corrected chi connectivity index (χ4v) is 6.97. The predicted octanol–water partition coefficient (Wildman–Crippen LogP) is 0.519. The average Bonchev–Trinajstić information content (AvgIpc) is 1.95. The first-order valence-electron chi connectivity index (χ1n) is 4.09. The van der Waals surface area contributed by atoms with Crippen LogP contribution in [0.4, 0.5) is 0 Å². The third-order valence-electron chi connectivity index (χ3n) is 2.68. The zero-order valence-electron chi connectivity index (χ0n) is 7.65. The van der Waals surface area contributed by atoms with Gasteiger partial charge in [-0.15, -0.1) is 0 Å². The van der Waals surface area contributed by atoms with Crippen LogP contribution in [-0.4, -0.2) is 13.6 Å². The predicted molar refractivity (Wildman–Crippen MR) is 47.7 cm³/mol. The molecule has 0 aliphatic carbocycles. The van der Waals surface area contributed by atoms with Gasteiger partial charge in [0.05, 0.1) is 0 Å². The van der Waals surface area contributed by atoms with Crippen molar-refractivity contribution in [1.29, 1.82) is 0 Å². The van der Waals surface area contributed by atoms with Crippen molar-refractivity contribution >= 4 is 13.6 Å². The molecule has 0 atom stereocenters. The standard InChI is InChI=1S/C8H20As.ClH/c1-5-9(6-2,7-3)8-4;/h5-8H2,1-4H3;1H/q+1;/p-1. The third-order valence-corrected chi connectivity index (χ3v) is 13.9. The van der Waals surface area contributed by atoms with E-state index in [0.29, 0.717) is 0 Å². The van der Waals surface area contributed by atoms with Gasteiger partial charge < -0.3 is 12.4 Å². The molecule has 0 saturated carbocycles. The van der Waals surface area contributed by atoms with E-state index in [1.165, 1.54) is 20.8 Å². The van der Waals surface area contributed by atoms with E-state index in [4.69, 9.17) is 0 Å². The summed E-state index contributed by atoms with van der Waals surface area (Å²) < 4.78 is 0. The van der Waals surface area contributed by atoms with Crippen molar-refractivity contribution in [2.75, 3.05) is 0 Å². The molecule has 0 radical (unpaired) electrons. The second-order valence-electron chi connectivity index (χ2n) is 2.61. The molecule has 2 heteroatoms. The molecule has 0 amide bonds. The van der Waals surface area contributed by atoms with Gasteiger partial charge in [0.2, 0.25) is 0 Å². The summed E-state index contributed by atoms with van der Waals surface area (Å²) >= 11 is -1.01. The van der Waals surface area contributed by atoms with Crippen molar-refractivity contribution in [2.24, 2.45) is 0 Å². The smallest absolute Gasteiger partial charge is 1.00 e. The molecule has 0 bridgehead atoms. The minimum absolute atomic E-state index is 0. The maximum Gasteiger partial charge on any atom is -1.00 e. The van der Waals surface area contributed by atoms with E-state index >= 15 is 0 Å². The van der Waals surface area contributed by atoms with Crippen LogP contribution in [0.1, 0.15) is 27.7 Å². The molecule has 0 unspecified atom stereocenters. The molecule has 0 saturated heterocycles. The van der Waals surface area contributed by atoms with Gasteiger partial charge in [0, 0.05) is 0 Å². The largest absolute Gasteiger partial charge is 1.00 e. The Morgan fingerprint density at radius 1 is 0.700 bits per heavy atom. The van der Waals surface area contributed by atoms with E-state index in [1.54, 1.807) is 0 Å². The van der Waals surface area contributed by atoms with Gasteiger partial charge in [-0.2, -0.15) is 0 Å². The topological polar surface area (TPSA) is 0 Å². The molecule has 0 rings (SSSR count). The van der Waals surface area contributed by atoms with Crippen molar-refractivity contribution in [2.45, 2.75) is 48.5 Å². The Bertz CT molecular complexity index is 52.1. The molecular formula is C8H20AsCl. The third kappa shape index (κ3) is 3.30. The Morgan fingerprint density at radius 2 is 0.900 bits per heavy atom. The normalized spacial score (nSPS) is 10.8. The van der Waals surface area contributed by atoms with E-state index in [1.807, 2.05) is 0 Å². The van der Waals surface area contributed by atoms with E-state index in [-0.39, 0.29) is 12.4 Å². The van der Waals surface area contributed by atoms with Crippen LogP contribution in [0, 0.1) is 0 Å². The van der Waals surface area contributed by atoms with Crippen LogP contribution in [0.15, 0.2) is 0 Å². The van der Waals surface area contributed by atoms with E-state index in [0.717, 1.165) is 0 Å². The van der Waals surface area contributed by atoms with Crippen molar-refractivity contribution in [3.63, 3.8) is 0 Å². The van der Waals surface area contributed by atoms with Crippen LogP contribution in [-0.2, 0) is 0 Å². The molecule has 0 aromatic rings. The Labute approximate surface area is 74.6 Å². The summed E-state index contributed by atoms with van der Waals surface area (Å²) in [4.78, 5) is 0. The van der Waals surface area contributed by atoms with Crippen molar-refractivity contribution < 1.29 is 12.4 Å². The quantitative estimate of drug-likeness (QED) is 0.613. The SMILES string of the molecule is CC[As+](CC)(CC)CC.[Cl-]. The Hall–Kier alpha value is 0.848. The van der Waals surface area contributed by atoms with Crippen LogP contribution in [0.5, 0.6) is 0 Å². The maximum atomic E-state index is 2.38. The molecule has 0 aromatic heterocycles. The zero-order valence-corrected chi connectivity index (χ0v) is 10.3. The molecule has 0 aliphatic rings. The molecule has 64 valence electrons. The van der Waals surface area contributed by atoms with Gasteiger partial charge in [0.1, 0.15) is 0 Å². The number of hydrogen-bond acceptors (Lipinski definition) is 0. The van der Waals surface area contributed by atoms with Gasteiger partial charge in [-0.05, 0) is 0 Å². The van der Waals surface area contributed by atoms with Crippen molar-refractivity contribution in [1.82, 2.24) is 0 Å². The second kappa shape index (κ2) is 6.55. The summed E-state index contributed by atoms with van der Waals surface area (Å²) in [6.07, 6.45) is 0. The zero-order chi connectivity index (χ0) is 7.33. The molecular weight excluding hydrogens is 206 g/mol. The minimum atomic E-state index is -1.01. The molecule has 0 aromatic carbocycles. The summed E-state index contributed by atoms with van der Waals surface area (Å²) in [6, 6.07) is 0. The molecule has 0 aliphatic heterocycles. The van der Waals surface area contributed by atoms with Gasteiger partial charge in [0.25, 0.3) is 0 Å². The molecule has 0 fully saturated rings. The first-order chi connectivity index (χ1) is 4.24. The summed E-state index contributed by atoms with van der Waals surface area (Å²) in [5, 5.41) is 6.06. The van der Waals surface area contributed by atoms with Crippen LogP contribution in [0.2, 0.25) is 20.8 Å². The maximum absolute atomic E-state index is 2.38. The summed E-state index contributed by atoms with van der Waals surface area (Å²) in [5.74, 6) is 0. The monoisotopic (exact) mass is 226 g/mol.